The summed E-state index contributed by atoms with van der Waals surface area (Å²) < 4.78 is 25.0. The molecule has 0 saturated carbocycles. The van der Waals surface area contributed by atoms with Crippen molar-refractivity contribution in [2.45, 2.75) is 17.6 Å². The van der Waals surface area contributed by atoms with Gasteiger partial charge in [-0.3, -0.25) is 4.79 Å². The lowest BCUT2D eigenvalue weighted by Gasteiger charge is -2.10. The Hall–Kier alpha value is -2.34. The molecule has 110 valence electrons. The normalized spacial score (nSPS) is 11.3. The smallest absolute Gasteiger partial charge is 0.248 e. The zero-order valence-electron chi connectivity index (χ0n) is 11.5. The van der Waals surface area contributed by atoms with Crippen molar-refractivity contribution in [3.8, 4) is 0 Å². The van der Waals surface area contributed by atoms with Gasteiger partial charge in [0, 0.05) is 11.3 Å². The third-order valence-corrected chi connectivity index (χ3v) is 5.06. The van der Waals surface area contributed by atoms with E-state index in [-0.39, 0.29) is 16.2 Å². The van der Waals surface area contributed by atoms with E-state index in [4.69, 9.17) is 11.5 Å². The third-order valence-electron chi connectivity index (χ3n) is 3.23. The van der Waals surface area contributed by atoms with Crippen LogP contribution in [0.5, 0.6) is 0 Å². The van der Waals surface area contributed by atoms with Crippen molar-refractivity contribution in [3.05, 3.63) is 59.2 Å². The van der Waals surface area contributed by atoms with Crippen molar-refractivity contribution < 1.29 is 13.2 Å². The fourth-order valence-corrected chi connectivity index (χ4v) is 3.72. The summed E-state index contributed by atoms with van der Waals surface area (Å²) in [5.74, 6) is -0.798. The highest BCUT2D eigenvalue weighted by molar-refractivity contribution is 7.90. The highest BCUT2D eigenvalue weighted by Crippen LogP contribution is 2.24. The summed E-state index contributed by atoms with van der Waals surface area (Å²) in [4.78, 5) is 11.3. The number of hydrogen-bond donors (Lipinski definition) is 2. The number of nitrogens with two attached hydrogens (primary N) is 2. The molecule has 0 spiro atoms. The topological polar surface area (TPSA) is 103 Å². The molecule has 0 fully saturated rings. The van der Waals surface area contributed by atoms with Crippen LogP contribution in [0.25, 0.3) is 0 Å². The average Bonchev–Trinajstić information content (AvgIpc) is 2.41. The summed E-state index contributed by atoms with van der Waals surface area (Å²) in [7, 11) is -3.54. The van der Waals surface area contributed by atoms with E-state index in [2.05, 4.69) is 0 Å². The Bertz CT molecular complexity index is 798. The molecule has 0 radical (unpaired) electrons. The molecule has 21 heavy (non-hydrogen) atoms. The Balaban J connectivity index is 2.40. The van der Waals surface area contributed by atoms with E-state index in [9.17, 15) is 13.2 Å². The van der Waals surface area contributed by atoms with Gasteiger partial charge in [0.2, 0.25) is 5.91 Å². The molecule has 2 aromatic rings. The lowest BCUT2D eigenvalue weighted by molar-refractivity contribution is 0.1000. The number of hydrogen-bond acceptors (Lipinski definition) is 4. The second-order valence-electron chi connectivity index (χ2n) is 4.79. The predicted octanol–water partition coefficient (Wildman–Crippen LogP) is 1.65. The second-order valence-corrected chi connectivity index (χ2v) is 6.75. The number of carbonyl (C=O) groups is 1. The first-order chi connectivity index (χ1) is 9.81. The predicted molar refractivity (Wildman–Crippen MR) is 81.4 cm³/mol. The van der Waals surface area contributed by atoms with Gasteiger partial charge in [0.1, 0.15) is 0 Å². The second kappa shape index (κ2) is 5.57. The lowest BCUT2D eigenvalue weighted by atomic mass is 10.1. The molecule has 0 unspecified atom stereocenters. The molecule has 1 amide bonds. The van der Waals surface area contributed by atoms with E-state index < -0.39 is 15.7 Å². The molecule has 2 aromatic carbocycles. The molecule has 2 rings (SSSR count). The van der Waals surface area contributed by atoms with Crippen LogP contribution in [0.1, 0.15) is 21.5 Å². The fourth-order valence-electron chi connectivity index (χ4n) is 2.08. The van der Waals surface area contributed by atoms with E-state index in [0.29, 0.717) is 16.8 Å². The van der Waals surface area contributed by atoms with Gasteiger partial charge in [-0.1, -0.05) is 18.2 Å². The minimum Gasteiger partial charge on any atom is -0.398 e. The SMILES string of the molecule is Cc1c(N)cccc1S(=O)(=O)Cc1cccc(C(N)=O)c1. The number of anilines is 1. The maximum atomic E-state index is 12.5. The Kier molecular flexibility index (Phi) is 3.99. The van der Waals surface area contributed by atoms with Crippen LogP contribution in [0.3, 0.4) is 0 Å². The minimum absolute atomic E-state index is 0.201. The third kappa shape index (κ3) is 3.22. The molecule has 4 N–H and O–H groups in total. The molecule has 0 bridgehead atoms. The van der Waals surface area contributed by atoms with Crippen molar-refractivity contribution in [1.29, 1.82) is 0 Å². The Morgan fingerprint density at radius 3 is 2.48 bits per heavy atom. The molecular weight excluding hydrogens is 288 g/mol. The molecule has 0 aliphatic carbocycles. The monoisotopic (exact) mass is 304 g/mol. The quantitative estimate of drug-likeness (QED) is 0.838. The summed E-state index contributed by atoms with van der Waals surface area (Å²) in [5.41, 5.74) is 12.7. The first-order valence-electron chi connectivity index (χ1n) is 6.28. The molecule has 0 heterocycles. The largest absolute Gasteiger partial charge is 0.398 e. The number of amides is 1. The highest BCUT2D eigenvalue weighted by atomic mass is 32.2. The van der Waals surface area contributed by atoms with Gasteiger partial charge in [-0.15, -0.1) is 0 Å². The first kappa shape index (κ1) is 15.1. The molecule has 5 nitrogen and oxygen atoms in total. The Morgan fingerprint density at radius 1 is 1.14 bits per heavy atom. The average molecular weight is 304 g/mol. The van der Waals surface area contributed by atoms with Crippen LogP contribution in [-0.2, 0) is 15.6 Å². The number of carbonyl (C=O) groups excluding carboxylic acids is 1. The number of nitrogen functional groups attached to an aromatic ring is 1. The molecule has 0 aromatic heterocycles. The number of primary amides is 1. The first-order valence-corrected chi connectivity index (χ1v) is 7.93. The van der Waals surface area contributed by atoms with E-state index in [1.54, 1.807) is 37.3 Å². The maximum absolute atomic E-state index is 12.5. The van der Waals surface area contributed by atoms with Crippen molar-refractivity contribution in [2.24, 2.45) is 5.73 Å². The van der Waals surface area contributed by atoms with Crippen LogP contribution in [-0.4, -0.2) is 14.3 Å². The summed E-state index contributed by atoms with van der Waals surface area (Å²) in [6.07, 6.45) is 0. The molecule has 0 saturated heterocycles. The summed E-state index contributed by atoms with van der Waals surface area (Å²) in [5, 5.41) is 0. The minimum atomic E-state index is -3.54. The summed E-state index contributed by atoms with van der Waals surface area (Å²) in [6.45, 7) is 1.67. The van der Waals surface area contributed by atoms with Crippen LogP contribution in [0.4, 0.5) is 5.69 Å². The van der Waals surface area contributed by atoms with Gasteiger partial charge in [-0.25, -0.2) is 8.42 Å². The van der Waals surface area contributed by atoms with Gasteiger partial charge in [0.05, 0.1) is 10.6 Å². The van der Waals surface area contributed by atoms with E-state index in [1.807, 2.05) is 0 Å². The van der Waals surface area contributed by atoms with Crippen molar-refractivity contribution in [3.63, 3.8) is 0 Å². The molecule has 0 aliphatic heterocycles. The number of sulfone groups is 1. The van der Waals surface area contributed by atoms with E-state index in [0.717, 1.165) is 0 Å². The van der Waals surface area contributed by atoms with Gasteiger partial charge in [0.15, 0.2) is 9.84 Å². The lowest BCUT2D eigenvalue weighted by Crippen LogP contribution is -2.12. The van der Waals surface area contributed by atoms with Gasteiger partial charge in [-0.2, -0.15) is 0 Å². The van der Waals surface area contributed by atoms with Crippen LogP contribution >= 0.6 is 0 Å². The molecule has 0 atom stereocenters. The summed E-state index contributed by atoms with van der Waals surface area (Å²) in [6, 6.07) is 11.1. The zero-order valence-corrected chi connectivity index (χ0v) is 12.4. The van der Waals surface area contributed by atoms with Crippen molar-refractivity contribution >= 4 is 21.4 Å². The van der Waals surface area contributed by atoms with Crippen LogP contribution < -0.4 is 11.5 Å². The fraction of sp³-hybridized carbons (Fsp3) is 0.133. The zero-order chi connectivity index (χ0) is 15.6. The van der Waals surface area contributed by atoms with Gasteiger partial charge >= 0.3 is 0 Å². The van der Waals surface area contributed by atoms with Gasteiger partial charge in [0.25, 0.3) is 0 Å². The van der Waals surface area contributed by atoms with E-state index in [1.165, 1.54) is 12.1 Å². The number of benzene rings is 2. The van der Waals surface area contributed by atoms with Crippen LogP contribution in [0.15, 0.2) is 47.4 Å². The highest BCUT2D eigenvalue weighted by Gasteiger charge is 2.19. The maximum Gasteiger partial charge on any atom is 0.248 e. The van der Waals surface area contributed by atoms with E-state index >= 15 is 0 Å². The molecule has 0 aliphatic rings. The number of rotatable bonds is 4. The summed E-state index contributed by atoms with van der Waals surface area (Å²) >= 11 is 0. The van der Waals surface area contributed by atoms with Crippen molar-refractivity contribution in [1.82, 2.24) is 0 Å². The molecular formula is C15H16N2O3S. The van der Waals surface area contributed by atoms with Gasteiger partial charge in [-0.05, 0) is 42.3 Å². The van der Waals surface area contributed by atoms with Gasteiger partial charge < -0.3 is 11.5 Å². The molecule has 6 heteroatoms. The van der Waals surface area contributed by atoms with Crippen molar-refractivity contribution in [2.75, 3.05) is 5.73 Å². The Morgan fingerprint density at radius 2 is 1.81 bits per heavy atom. The standard InChI is InChI=1S/C15H16N2O3S/c1-10-13(16)6-3-7-14(10)21(19,20)9-11-4-2-5-12(8-11)15(17)18/h2-8H,9,16H2,1H3,(H2,17,18). The van der Waals surface area contributed by atoms with Crippen LogP contribution in [0.2, 0.25) is 0 Å². The van der Waals surface area contributed by atoms with Crippen LogP contribution in [0, 0.1) is 6.92 Å². The Labute approximate surface area is 123 Å².